The zero-order valence-corrected chi connectivity index (χ0v) is 13.9. The molecule has 0 aliphatic rings. The van der Waals surface area contributed by atoms with Gasteiger partial charge in [-0.1, -0.05) is 32.0 Å². The molecule has 2 aromatic rings. The van der Waals surface area contributed by atoms with Crippen LogP contribution >= 0.6 is 11.3 Å². The Morgan fingerprint density at radius 2 is 2.00 bits per heavy atom. The predicted octanol–water partition coefficient (Wildman–Crippen LogP) is 3.27. The number of rotatable bonds is 5. The lowest BCUT2D eigenvalue weighted by atomic mass is 10.2. The van der Waals surface area contributed by atoms with Crippen molar-refractivity contribution < 1.29 is 4.39 Å². The summed E-state index contributed by atoms with van der Waals surface area (Å²) in [5.74, 6) is 0.853. The highest BCUT2D eigenvalue weighted by Gasteiger charge is 2.07. The number of aliphatic imine (C=N–C) groups is 1. The predicted molar refractivity (Wildman–Crippen MR) is 89.6 cm³/mol. The summed E-state index contributed by atoms with van der Waals surface area (Å²) >= 11 is 1.67. The number of nitrogens with one attached hydrogen (secondary N) is 2. The average Bonchev–Trinajstić information content (AvgIpc) is 2.98. The fourth-order valence-corrected chi connectivity index (χ4v) is 2.72. The van der Waals surface area contributed by atoms with Crippen molar-refractivity contribution in [1.29, 1.82) is 0 Å². The molecule has 2 N–H and O–H groups in total. The van der Waals surface area contributed by atoms with Gasteiger partial charge in [0.2, 0.25) is 0 Å². The van der Waals surface area contributed by atoms with Gasteiger partial charge in [0.05, 0.1) is 17.2 Å². The van der Waals surface area contributed by atoms with E-state index >= 15 is 0 Å². The standard InChI is InChI=1S/C16H21FN4S/c1-11(2)15-21-13(10-22-15)9-20-16(18-3)19-8-12-6-4-5-7-14(12)17/h4-7,10-11H,8-9H2,1-3H3,(H2,18,19,20). The lowest BCUT2D eigenvalue weighted by Crippen LogP contribution is -2.36. The van der Waals surface area contributed by atoms with Gasteiger partial charge in [-0.2, -0.15) is 0 Å². The van der Waals surface area contributed by atoms with Crippen LogP contribution in [0.5, 0.6) is 0 Å². The van der Waals surface area contributed by atoms with E-state index in [4.69, 9.17) is 0 Å². The normalized spacial score (nSPS) is 11.8. The monoisotopic (exact) mass is 320 g/mol. The fourth-order valence-electron chi connectivity index (χ4n) is 1.88. The van der Waals surface area contributed by atoms with Crippen LogP contribution in [0.25, 0.3) is 0 Å². The third-order valence-electron chi connectivity index (χ3n) is 3.13. The van der Waals surface area contributed by atoms with Crippen molar-refractivity contribution >= 4 is 17.3 Å². The molecular formula is C16H21FN4S. The minimum atomic E-state index is -0.216. The fraction of sp³-hybridized carbons (Fsp3) is 0.375. The minimum absolute atomic E-state index is 0.216. The van der Waals surface area contributed by atoms with Crippen LogP contribution < -0.4 is 10.6 Å². The van der Waals surface area contributed by atoms with Gasteiger partial charge < -0.3 is 10.6 Å². The van der Waals surface area contributed by atoms with E-state index < -0.39 is 0 Å². The highest BCUT2D eigenvalue weighted by molar-refractivity contribution is 7.09. The first kappa shape index (κ1) is 16.4. The Morgan fingerprint density at radius 1 is 1.27 bits per heavy atom. The van der Waals surface area contributed by atoms with Crippen LogP contribution in [-0.4, -0.2) is 18.0 Å². The molecule has 1 aromatic carbocycles. The van der Waals surface area contributed by atoms with E-state index in [0.29, 0.717) is 30.5 Å². The molecule has 0 aliphatic heterocycles. The maximum atomic E-state index is 13.6. The Bertz CT molecular complexity index is 637. The molecule has 0 amide bonds. The van der Waals surface area contributed by atoms with Crippen molar-refractivity contribution in [3.05, 3.63) is 51.7 Å². The third-order valence-corrected chi connectivity index (χ3v) is 4.32. The number of aromatic nitrogens is 1. The number of guanidine groups is 1. The molecular weight excluding hydrogens is 299 g/mol. The zero-order chi connectivity index (χ0) is 15.9. The number of hydrogen-bond acceptors (Lipinski definition) is 3. The van der Waals surface area contributed by atoms with E-state index in [0.717, 1.165) is 10.7 Å². The van der Waals surface area contributed by atoms with Gasteiger partial charge in [0.25, 0.3) is 0 Å². The van der Waals surface area contributed by atoms with Crippen LogP contribution in [0, 0.1) is 5.82 Å². The van der Waals surface area contributed by atoms with Gasteiger partial charge in [-0.25, -0.2) is 9.37 Å². The van der Waals surface area contributed by atoms with Crippen LogP contribution in [-0.2, 0) is 13.1 Å². The second-order valence-electron chi connectivity index (χ2n) is 5.20. The summed E-state index contributed by atoms with van der Waals surface area (Å²) in [6.07, 6.45) is 0. The van der Waals surface area contributed by atoms with Gasteiger partial charge >= 0.3 is 0 Å². The van der Waals surface area contributed by atoms with Gasteiger partial charge in [0, 0.05) is 30.5 Å². The number of thiazole rings is 1. The molecule has 0 fully saturated rings. The van der Waals surface area contributed by atoms with Crippen molar-refractivity contribution in [1.82, 2.24) is 15.6 Å². The Morgan fingerprint density at radius 3 is 2.64 bits per heavy atom. The summed E-state index contributed by atoms with van der Waals surface area (Å²) in [7, 11) is 1.69. The molecule has 2 rings (SSSR count). The van der Waals surface area contributed by atoms with Gasteiger partial charge in [0.15, 0.2) is 5.96 Å². The van der Waals surface area contributed by atoms with E-state index in [1.165, 1.54) is 6.07 Å². The van der Waals surface area contributed by atoms with Gasteiger partial charge in [-0.3, -0.25) is 4.99 Å². The van der Waals surface area contributed by atoms with Crippen LogP contribution in [0.2, 0.25) is 0 Å². The third kappa shape index (κ3) is 4.53. The number of halogens is 1. The highest BCUT2D eigenvalue weighted by atomic mass is 32.1. The molecule has 0 saturated heterocycles. The number of hydrogen-bond donors (Lipinski definition) is 2. The van der Waals surface area contributed by atoms with Crippen molar-refractivity contribution in [3.63, 3.8) is 0 Å². The van der Waals surface area contributed by atoms with Crippen LogP contribution in [0.3, 0.4) is 0 Å². The lowest BCUT2D eigenvalue weighted by Gasteiger charge is -2.11. The Hall–Kier alpha value is -1.95. The first-order valence-electron chi connectivity index (χ1n) is 7.22. The molecule has 0 atom stereocenters. The maximum Gasteiger partial charge on any atom is 0.191 e. The molecule has 0 spiro atoms. The summed E-state index contributed by atoms with van der Waals surface area (Å²) in [6.45, 7) is 5.25. The van der Waals surface area contributed by atoms with Gasteiger partial charge in [0.1, 0.15) is 5.82 Å². The SMILES string of the molecule is CN=C(NCc1csc(C(C)C)n1)NCc1ccccc1F. The molecule has 0 saturated carbocycles. The van der Waals surface area contributed by atoms with Crippen molar-refractivity contribution in [3.8, 4) is 0 Å². The van der Waals surface area contributed by atoms with E-state index in [9.17, 15) is 4.39 Å². The lowest BCUT2D eigenvalue weighted by molar-refractivity contribution is 0.604. The molecule has 6 heteroatoms. The average molecular weight is 320 g/mol. The largest absolute Gasteiger partial charge is 0.352 e. The highest BCUT2D eigenvalue weighted by Crippen LogP contribution is 2.18. The second-order valence-corrected chi connectivity index (χ2v) is 6.09. The minimum Gasteiger partial charge on any atom is -0.352 e. The van der Waals surface area contributed by atoms with Crippen LogP contribution in [0.4, 0.5) is 4.39 Å². The van der Waals surface area contributed by atoms with Crippen molar-refractivity contribution in [2.75, 3.05) is 7.05 Å². The first-order chi connectivity index (χ1) is 10.6. The molecule has 1 aromatic heterocycles. The van der Waals surface area contributed by atoms with E-state index in [1.54, 1.807) is 30.5 Å². The number of nitrogens with zero attached hydrogens (tertiary/aromatic N) is 2. The molecule has 118 valence electrons. The maximum absolute atomic E-state index is 13.6. The number of benzene rings is 1. The summed E-state index contributed by atoms with van der Waals surface area (Å²) in [4.78, 5) is 8.70. The molecule has 0 aliphatic carbocycles. The van der Waals surface area contributed by atoms with E-state index in [2.05, 4.69) is 34.5 Å². The molecule has 22 heavy (non-hydrogen) atoms. The quantitative estimate of drug-likeness (QED) is 0.657. The van der Waals surface area contributed by atoms with Gasteiger partial charge in [-0.05, 0) is 6.07 Å². The van der Waals surface area contributed by atoms with Crippen molar-refractivity contribution in [2.24, 2.45) is 4.99 Å². The molecule has 0 radical (unpaired) electrons. The molecule has 0 unspecified atom stereocenters. The Labute approximate surface area is 134 Å². The smallest absolute Gasteiger partial charge is 0.191 e. The summed E-state index contributed by atoms with van der Waals surface area (Å²) in [6, 6.07) is 6.71. The first-order valence-corrected chi connectivity index (χ1v) is 8.10. The van der Waals surface area contributed by atoms with Crippen molar-refractivity contribution in [2.45, 2.75) is 32.9 Å². The summed E-state index contributed by atoms with van der Waals surface area (Å²) in [5.41, 5.74) is 1.60. The van der Waals surface area contributed by atoms with E-state index in [1.807, 2.05) is 11.4 Å². The molecule has 1 heterocycles. The zero-order valence-electron chi connectivity index (χ0n) is 13.1. The molecule has 4 nitrogen and oxygen atoms in total. The van der Waals surface area contributed by atoms with Crippen LogP contribution in [0.15, 0.2) is 34.6 Å². The summed E-state index contributed by atoms with van der Waals surface area (Å²) < 4.78 is 13.6. The van der Waals surface area contributed by atoms with Crippen LogP contribution in [0.1, 0.15) is 36.0 Å². The topological polar surface area (TPSA) is 49.3 Å². The summed E-state index contributed by atoms with van der Waals surface area (Å²) in [5, 5.41) is 9.47. The van der Waals surface area contributed by atoms with Gasteiger partial charge in [-0.15, -0.1) is 11.3 Å². The Balaban J connectivity index is 1.86. The Kier molecular flexibility index (Phi) is 5.89. The molecule has 0 bridgehead atoms. The second kappa shape index (κ2) is 7.89. The van der Waals surface area contributed by atoms with E-state index in [-0.39, 0.29) is 5.82 Å².